The van der Waals surface area contributed by atoms with Gasteiger partial charge in [-0.05, 0) is 89.9 Å². The Morgan fingerprint density at radius 3 is 1.02 bits per heavy atom. The summed E-state index contributed by atoms with van der Waals surface area (Å²) in [6, 6.07) is 0. The van der Waals surface area contributed by atoms with Crippen LogP contribution in [0.4, 0.5) is 0 Å². The van der Waals surface area contributed by atoms with E-state index in [4.69, 9.17) is 18.5 Å². The van der Waals surface area contributed by atoms with Gasteiger partial charge in [-0.25, -0.2) is 0 Å². The number of unbranched alkanes of at least 4 members (excludes halogenated alkanes) is 36. The molecule has 0 spiro atoms. The number of ether oxygens (including phenoxy) is 2. The lowest BCUT2D eigenvalue weighted by atomic mass is 10.0. The lowest BCUT2D eigenvalue weighted by Gasteiger charge is -2.28. The molecule has 0 amide bonds. The molecule has 0 aromatic rings. The van der Waals surface area contributed by atoms with Crippen LogP contribution in [0.2, 0.25) is 0 Å². The third-order valence-corrected chi connectivity index (χ3v) is 16.1. The zero-order valence-corrected chi connectivity index (χ0v) is 55.8. The van der Waals surface area contributed by atoms with E-state index in [-0.39, 0.29) is 32.0 Å². The molecule has 0 saturated carbocycles. The number of phosphoric acid groups is 1. The summed E-state index contributed by atoms with van der Waals surface area (Å²) in [7, 11) is 1.17. The summed E-state index contributed by atoms with van der Waals surface area (Å²) in [5, 5.41) is 0. The molecule has 0 heterocycles. The van der Waals surface area contributed by atoms with Gasteiger partial charge in [0.15, 0.2) is 6.10 Å². The van der Waals surface area contributed by atoms with Crippen LogP contribution in [0.1, 0.15) is 316 Å². The fourth-order valence-electron chi connectivity index (χ4n) is 9.83. The van der Waals surface area contributed by atoms with Crippen molar-refractivity contribution in [1.29, 1.82) is 0 Å². The third-order valence-electron chi connectivity index (χ3n) is 15.1. The summed E-state index contributed by atoms with van der Waals surface area (Å²) in [5.74, 6) is -0.831. The third kappa shape index (κ3) is 68.2. The van der Waals surface area contributed by atoms with Crippen LogP contribution in [0.25, 0.3) is 0 Å². The van der Waals surface area contributed by atoms with Crippen molar-refractivity contribution in [3.8, 4) is 0 Å². The Labute approximate surface area is 513 Å². The lowest BCUT2D eigenvalue weighted by Crippen LogP contribution is -2.37. The Morgan fingerprint density at radius 2 is 0.687 bits per heavy atom. The molecule has 0 aromatic heterocycles. The quantitative estimate of drug-likeness (QED) is 0.0195. The second-order valence-electron chi connectivity index (χ2n) is 24.5. The van der Waals surface area contributed by atoms with Crippen molar-refractivity contribution in [3.63, 3.8) is 0 Å². The zero-order chi connectivity index (χ0) is 60.5. The van der Waals surface area contributed by atoms with Gasteiger partial charge >= 0.3 is 11.9 Å². The first kappa shape index (κ1) is 80.2. The molecule has 9 nitrogen and oxygen atoms in total. The number of hydrogen-bond donors (Lipinski definition) is 0. The number of hydrogen-bond acceptors (Lipinski definition) is 8. The van der Waals surface area contributed by atoms with Gasteiger partial charge in [-0.2, -0.15) is 0 Å². The molecule has 482 valence electrons. The van der Waals surface area contributed by atoms with Crippen LogP contribution < -0.4 is 4.89 Å². The van der Waals surface area contributed by atoms with Gasteiger partial charge in [0.05, 0.1) is 27.7 Å². The summed E-state index contributed by atoms with van der Waals surface area (Å²) < 4.78 is 34.3. The first-order valence-electron chi connectivity index (χ1n) is 34.8. The monoisotopic (exact) mass is 1180 g/mol. The molecule has 10 heteroatoms. The van der Waals surface area contributed by atoms with Crippen molar-refractivity contribution >= 4 is 19.8 Å². The van der Waals surface area contributed by atoms with Crippen LogP contribution in [0.5, 0.6) is 0 Å². The average molecular weight is 1180 g/mol. The lowest BCUT2D eigenvalue weighted by molar-refractivity contribution is -0.870. The molecule has 0 aromatic carbocycles. The van der Waals surface area contributed by atoms with Gasteiger partial charge in [-0.15, -0.1) is 0 Å². The molecule has 0 rings (SSSR count). The van der Waals surface area contributed by atoms with Crippen molar-refractivity contribution < 1.29 is 42.1 Å². The van der Waals surface area contributed by atoms with Gasteiger partial charge in [0.2, 0.25) is 0 Å². The number of phosphoric ester groups is 1. The number of esters is 2. The maximum Gasteiger partial charge on any atom is 0.306 e. The fourth-order valence-corrected chi connectivity index (χ4v) is 10.6. The van der Waals surface area contributed by atoms with E-state index in [1.165, 1.54) is 193 Å². The Kier molecular flexibility index (Phi) is 61.5. The van der Waals surface area contributed by atoms with Gasteiger partial charge in [-0.3, -0.25) is 14.2 Å². The first-order valence-corrected chi connectivity index (χ1v) is 36.3. The Bertz CT molecular complexity index is 1680. The molecule has 0 fully saturated rings. The minimum atomic E-state index is -4.64. The van der Waals surface area contributed by atoms with Crippen molar-refractivity contribution in [2.45, 2.75) is 322 Å². The summed E-state index contributed by atoms with van der Waals surface area (Å²) in [4.78, 5) is 38.0. The number of carbonyl (C=O) groups excluding carboxylic acids is 2. The number of carbonyl (C=O) groups is 2. The van der Waals surface area contributed by atoms with Gasteiger partial charge in [0.25, 0.3) is 7.82 Å². The second-order valence-corrected chi connectivity index (χ2v) is 25.9. The van der Waals surface area contributed by atoms with Crippen molar-refractivity contribution in [3.05, 3.63) is 85.1 Å². The number of nitrogens with zero attached hydrogens (tertiary/aromatic N) is 1. The summed E-state index contributed by atoms with van der Waals surface area (Å²) in [6.07, 6.45) is 86.8. The number of rotatable bonds is 64. The molecule has 2 unspecified atom stereocenters. The SMILES string of the molecule is CC/C=C\C/C=C\C/C=C\C/C=C\C/C=C\CCCCCCCCCCCCCCCCCCCCCCCCCCCC(=O)OC(COC(=O)CCCCCCCCC/C=C\C/C=C\CCCCCC)COP(=O)([O-])OCC[N+](C)(C)C. The minimum absolute atomic E-state index is 0.0323. The highest BCUT2D eigenvalue weighted by Gasteiger charge is 2.22. The largest absolute Gasteiger partial charge is 0.756 e. The van der Waals surface area contributed by atoms with Gasteiger partial charge in [-0.1, -0.05) is 298 Å². The molecule has 0 N–H and O–H groups in total. The molecular weight excluding hydrogens is 1050 g/mol. The van der Waals surface area contributed by atoms with Crippen LogP contribution in [0, 0.1) is 0 Å². The van der Waals surface area contributed by atoms with E-state index in [0.717, 1.165) is 89.9 Å². The predicted octanol–water partition coefficient (Wildman–Crippen LogP) is 21.9. The molecule has 0 aliphatic carbocycles. The number of quaternary nitrogens is 1. The van der Waals surface area contributed by atoms with E-state index in [1.807, 2.05) is 21.1 Å². The van der Waals surface area contributed by atoms with Gasteiger partial charge in [0, 0.05) is 12.8 Å². The smallest absolute Gasteiger partial charge is 0.306 e. The van der Waals surface area contributed by atoms with Crippen molar-refractivity contribution in [1.82, 2.24) is 0 Å². The molecule has 0 aliphatic rings. The molecular formula is C73H132NO8P. The van der Waals surface area contributed by atoms with Crippen LogP contribution in [-0.4, -0.2) is 70.0 Å². The highest BCUT2D eigenvalue weighted by atomic mass is 31.2. The highest BCUT2D eigenvalue weighted by molar-refractivity contribution is 7.45. The maximum atomic E-state index is 12.8. The summed E-state index contributed by atoms with van der Waals surface area (Å²) >= 11 is 0. The van der Waals surface area contributed by atoms with Crippen LogP contribution >= 0.6 is 7.82 Å². The number of likely N-dealkylation sites (N-methyl/N-ethyl adjacent to an activating group) is 1. The first-order chi connectivity index (χ1) is 40.5. The minimum Gasteiger partial charge on any atom is -0.756 e. The van der Waals surface area contributed by atoms with Crippen LogP contribution in [0.3, 0.4) is 0 Å². The fraction of sp³-hybridized carbons (Fsp3) is 0.781. The number of allylic oxidation sites excluding steroid dienone is 14. The molecule has 2 atom stereocenters. The average Bonchev–Trinajstić information content (AvgIpc) is 3.48. The Balaban J connectivity index is 3.91. The zero-order valence-electron chi connectivity index (χ0n) is 54.9. The van der Waals surface area contributed by atoms with Gasteiger partial charge in [0.1, 0.15) is 19.8 Å². The second kappa shape index (κ2) is 63.7. The van der Waals surface area contributed by atoms with Crippen molar-refractivity contribution in [2.75, 3.05) is 47.5 Å². The summed E-state index contributed by atoms with van der Waals surface area (Å²) in [5.41, 5.74) is 0. The van der Waals surface area contributed by atoms with Crippen LogP contribution in [0.15, 0.2) is 85.1 Å². The molecule has 0 aliphatic heterocycles. The Hall–Kier alpha value is -2.81. The van der Waals surface area contributed by atoms with E-state index >= 15 is 0 Å². The normalized spacial score (nSPS) is 13.7. The maximum absolute atomic E-state index is 12.8. The standard InChI is InChI=1S/C73H132NO8P/c1-6-8-10-12-14-16-18-20-22-24-26-27-28-29-30-31-32-33-34-35-36-37-38-39-40-41-42-43-44-45-46-47-48-50-52-54-56-58-60-62-64-66-73(76)82-71(70-81-83(77,78)80-68-67-74(3,4)5)69-79-72(75)65-63-61-59-57-55-53-51-49-25-23-21-19-17-15-13-11-9-7-2/h8,10,14,16-17,19-20,22-23,25-27,29-30,71H,6-7,9,11-13,15,18,21,24,28,31-70H2,1-5H3/b10-8-,16-14-,19-17-,22-20-,25-23-,27-26-,30-29-. The van der Waals surface area contributed by atoms with E-state index in [9.17, 15) is 19.0 Å². The van der Waals surface area contributed by atoms with Crippen LogP contribution in [-0.2, 0) is 32.7 Å². The Morgan fingerprint density at radius 1 is 0.386 bits per heavy atom. The molecule has 0 saturated heterocycles. The topological polar surface area (TPSA) is 111 Å². The van der Waals surface area contributed by atoms with E-state index in [2.05, 4.69) is 98.9 Å². The van der Waals surface area contributed by atoms with Gasteiger partial charge < -0.3 is 27.9 Å². The van der Waals surface area contributed by atoms with E-state index in [0.29, 0.717) is 17.4 Å². The van der Waals surface area contributed by atoms with E-state index in [1.54, 1.807) is 0 Å². The molecule has 0 radical (unpaired) electrons. The predicted molar refractivity (Wildman–Crippen MR) is 356 cm³/mol. The molecule has 83 heavy (non-hydrogen) atoms. The molecule has 0 bridgehead atoms. The van der Waals surface area contributed by atoms with Crippen molar-refractivity contribution in [2.24, 2.45) is 0 Å². The summed E-state index contributed by atoms with van der Waals surface area (Å²) in [6.45, 7) is 4.13. The highest BCUT2D eigenvalue weighted by Crippen LogP contribution is 2.38. The van der Waals surface area contributed by atoms with E-state index < -0.39 is 26.5 Å².